The van der Waals surface area contributed by atoms with Crippen LogP contribution in [-0.2, 0) is 12.8 Å². The van der Waals surface area contributed by atoms with Crippen molar-refractivity contribution in [1.29, 1.82) is 0 Å². The largest absolute Gasteiger partial charge is 0.497 e. The minimum Gasteiger partial charge on any atom is -0.497 e. The van der Waals surface area contributed by atoms with Gasteiger partial charge in [-0.05, 0) is 36.1 Å². The zero-order chi connectivity index (χ0) is 14.8. The lowest BCUT2D eigenvalue weighted by atomic mass is 9.94. The van der Waals surface area contributed by atoms with E-state index in [2.05, 4.69) is 12.1 Å². The molecule has 108 valence electrons. The van der Waals surface area contributed by atoms with Crippen molar-refractivity contribution in [3.8, 4) is 11.5 Å². The van der Waals surface area contributed by atoms with E-state index in [4.69, 9.17) is 9.47 Å². The Morgan fingerprint density at radius 1 is 1.00 bits per heavy atom. The molecular formula is C18H18O3. The highest BCUT2D eigenvalue weighted by Gasteiger charge is 2.29. The summed E-state index contributed by atoms with van der Waals surface area (Å²) in [7, 11) is 3.18. The van der Waals surface area contributed by atoms with Gasteiger partial charge in [0.25, 0.3) is 0 Å². The van der Waals surface area contributed by atoms with Crippen molar-refractivity contribution in [2.24, 2.45) is 5.92 Å². The van der Waals surface area contributed by atoms with Gasteiger partial charge in [0.15, 0.2) is 5.78 Å². The molecule has 0 amide bonds. The molecule has 0 fully saturated rings. The van der Waals surface area contributed by atoms with Crippen molar-refractivity contribution < 1.29 is 14.3 Å². The predicted octanol–water partition coefficient (Wildman–Crippen LogP) is 3.30. The molecule has 3 heteroatoms. The summed E-state index contributed by atoms with van der Waals surface area (Å²) in [4.78, 5) is 12.8. The molecule has 0 saturated heterocycles. The number of Topliss-reactive ketones (excluding diaryl/α,β-unsaturated/α-hetero) is 1. The van der Waals surface area contributed by atoms with Crippen molar-refractivity contribution in [2.75, 3.05) is 14.2 Å². The Hall–Kier alpha value is -2.29. The number of methoxy groups -OCH3 is 2. The Labute approximate surface area is 124 Å². The molecule has 2 aromatic rings. The first-order valence-electron chi connectivity index (χ1n) is 7.06. The molecule has 0 unspecified atom stereocenters. The quantitative estimate of drug-likeness (QED) is 0.807. The Kier molecular flexibility index (Phi) is 3.65. The van der Waals surface area contributed by atoms with Crippen LogP contribution in [0.5, 0.6) is 11.5 Å². The second-order valence-corrected chi connectivity index (χ2v) is 5.30. The molecule has 0 aliphatic heterocycles. The molecule has 2 aromatic carbocycles. The highest BCUT2D eigenvalue weighted by Crippen LogP contribution is 2.32. The van der Waals surface area contributed by atoms with Crippen LogP contribution < -0.4 is 9.47 Å². The molecule has 1 aliphatic carbocycles. The normalized spacial score (nSPS) is 13.8. The molecule has 21 heavy (non-hydrogen) atoms. The summed E-state index contributed by atoms with van der Waals surface area (Å²) in [6, 6.07) is 13.6. The summed E-state index contributed by atoms with van der Waals surface area (Å²) in [5, 5.41) is 0. The Morgan fingerprint density at radius 2 is 1.67 bits per heavy atom. The van der Waals surface area contributed by atoms with E-state index in [1.54, 1.807) is 32.4 Å². The smallest absolute Gasteiger partial charge is 0.170 e. The van der Waals surface area contributed by atoms with Crippen molar-refractivity contribution in [2.45, 2.75) is 12.8 Å². The zero-order valence-corrected chi connectivity index (χ0v) is 12.3. The number of carbonyl (C=O) groups is 1. The number of carbonyl (C=O) groups excluding carboxylic acids is 1. The van der Waals surface area contributed by atoms with Crippen LogP contribution in [0.4, 0.5) is 0 Å². The zero-order valence-electron chi connectivity index (χ0n) is 12.3. The van der Waals surface area contributed by atoms with Gasteiger partial charge in [-0.15, -0.1) is 0 Å². The average Bonchev–Trinajstić information content (AvgIpc) is 2.97. The second kappa shape index (κ2) is 5.60. The maximum absolute atomic E-state index is 12.8. The molecule has 0 heterocycles. The van der Waals surface area contributed by atoms with E-state index in [1.807, 2.05) is 12.1 Å². The predicted molar refractivity (Wildman–Crippen MR) is 81.2 cm³/mol. The van der Waals surface area contributed by atoms with Crippen LogP contribution in [-0.4, -0.2) is 20.0 Å². The van der Waals surface area contributed by atoms with Gasteiger partial charge >= 0.3 is 0 Å². The lowest BCUT2D eigenvalue weighted by molar-refractivity contribution is 0.0921. The summed E-state index contributed by atoms with van der Waals surface area (Å²) >= 11 is 0. The van der Waals surface area contributed by atoms with Crippen LogP contribution in [0.3, 0.4) is 0 Å². The van der Waals surface area contributed by atoms with E-state index in [1.165, 1.54) is 11.1 Å². The minimum absolute atomic E-state index is 0.00435. The van der Waals surface area contributed by atoms with Crippen molar-refractivity contribution in [3.63, 3.8) is 0 Å². The number of hydrogen-bond acceptors (Lipinski definition) is 3. The minimum atomic E-state index is 0.00435. The fourth-order valence-electron chi connectivity index (χ4n) is 2.97. The van der Waals surface area contributed by atoms with Gasteiger partial charge in [0.05, 0.1) is 19.8 Å². The van der Waals surface area contributed by atoms with Gasteiger partial charge in [-0.3, -0.25) is 4.79 Å². The summed E-state index contributed by atoms with van der Waals surface area (Å²) < 4.78 is 10.5. The molecule has 3 rings (SSSR count). The molecule has 1 aliphatic rings. The Balaban J connectivity index is 1.87. The van der Waals surface area contributed by atoms with E-state index in [-0.39, 0.29) is 11.7 Å². The van der Waals surface area contributed by atoms with E-state index >= 15 is 0 Å². The Bertz CT molecular complexity index is 651. The van der Waals surface area contributed by atoms with Crippen molar-refractivity contribution >= 4 is 5.78 Å². The first kappa shape index (κ1) is 13.7. The number of fused-ring (bicyclic) bond motifs is 1. The maximum Gasteiger partial charge on any atom is 0.170 e. The van der Waals surface area contributed by atoms with Gasteiger partial charge in [-0.1, -0.05) is 24.3 Å². The lowest BCUT2D eigenvalue weighted by Gasteiger charge is -2.13. The lowest BCUT2D eigenvalue weighted by Crippen LogP contribution is -2.16. The van der Waals surface area contributed by atoms with Gasteiger partial charge in [-0.25, -0.2) is 0 Å². The fraction of sp³-hybridized carbons (Fsp3) is 0.278. The van der Waals surface area contributed by atoms with Crippen LogP contribution in [0.1, 0.15) is 21.5 Å². The third-order valence-corrected chi connectivity index (χ3v) is 4.10. The first-order valence-corrected chi connectivity index (χ1v) is 7.06. The van der Waals surface area contributed by atoms with E-state index in [9.17, 15) is 4.79 Å². The average molecular weight is 282 g/mol. The molecular weight excluding hydrogens is 264 g/mol. The van der Waals surface area contributed by atoms with Gasteiger partial charge in [0.2, 0.25) is 0 Å². The molecule has 0 radical (unpaired) electrons. The fourth-order valence-corrected chi connectivity index (χ4v) is 2.97. The summed E-state index contributed by atoms with van der Waals surface area (Å²) in [6.07, 6.45) is 1.62. The van der Waals surface area contributed by atoms with E-state index in [0.717, 1.165) is 12.8 Å². The molecule has 3 nitrogen and oxygen atoms in total. The summed E-state index contributed by atoms with van der Waals surface area (Å²) in [6.45, 7) is 0. The van der Waals surface area contributed by atoms with Crippen LogP contribution in [0.15, 0.2) is 42.5 Å². The third kappa shape index (κ3) is 2.51. The highest BCUT2D eigenvalue weighted by molar-refractivity contribution is 6.01. The summed E-state index contributed by atoms with van der Waals surface area (Å²) in [5.41, 5.74) is 3.20. The molecule has 0 spiro atoms. The number of ether oxygens (including phenoxy) is 2. The van der Waals surface area contributed by atoms with Gasteiger partial charge in [0.1, 0.15) is 11.5 Å². The monoisotopic (exact) mass is 282 g/mol. The molecule has 0 N–H and O–H groups in total. The molecule has 0 saturated carbocycles. The molecule has 0 aromatic heterocycles. The number of benzene rings is 2. The van der Waals surface area contributed by atoms with Gasteiger partial charge in [0, 0.05) is 12.0 Å². The topological polar surface area (TPSA) is 35.5 Å². The highest BCUT2D eigenvalue weighted by atomic mass is 16.5. The van der Waals surface area contributed by atoms with E-state index < -0.39 is 0 Å². The number of hydrogen-bond donors (Lipinski definition) is 0. The van der Waals surface area contributed by atoms with Crippen molar-refractivity contribution in [3.05, 3.63) is 59.2 Å². The van der Waals surface area contributed by atoms with Gasteiger partial charge < -0.3 is 9.47 Å². The summed E-state index contributed by atoms with van der Waals surface area (Å²) in [5.74, 6) is 1.42. The molecule has 0 bridgehead atoms. The van der Waals surface area contributed by atoms with Crippen LogP contribution in [0.25, 0.3) is 0 Å². The van der Waals surface area contributed by atoms with Crippen LogP contribution in [0, 0.1) is 5.92 Å². The van der Waals surface area contributed by atoms with Crippen LogP contribution in [0.2, 0.25) is 0 Å². The van der Waals surface area contributed by atoms with E-state index in [0.29, 0.717) is 17.1 Å². The third-order valence-electron chi connectivity index (χ3n) is 4.10. The van der Waals surface area contributed by atoms with Crippen molar-refractivity contribution in [1.82, 2.24) is 0 Å². The second-order valence-electron chi connectivity index (χ2n) is 5.30. The number of rotatable bonds is 4. The Morgan fingerprint density at radius 3 is 2.24 bits per heavy atom. The van der Waals surface area contributed by atoms with Gasteiger partial charge in [-0.2, -0.15) is 0 Å². The SMILES string of the molecule is COc1ccc(C(=O)C2Cc3ccccc3C2)c(OC)c1. The molecule has 0 atom stereocenters. The first-order chi connectivity index (χ1) is 10.2. The standard InChI is InChI=1S/C18H18O3/c1-20-15-7-8-16(17(11-15)21-2)18(19)14-9-12-5-3-4-6-13(12)10-14/h3-8,11,14H,9-10H2,1-2H3. The maximum atomic E-state index is 12.8. The van der Waals surface area contributed by atoms with Crippen LogP contribution >= 0.6 is 0 Å². The number of ketones is 1.